The van der Waals surface area contributed by atoms with Gasteiger partial charge < -0.3 is 0 Å². The Bertz CT molecular complexity index is 2190. The molecule has 3 nitrogen and oxygen atoms in total. The zero-order chi connectivity index (χ0) is 25.9. The Hall–Kier alpha value is -4.80. The van der Waals surface area contributed by atoms with Crippen LogP contribution in [-0.4, -0.2) is 14.5 Å². The number of benzene rings is 5. The second-order valence-corrected chi connectivity index (χ2v) is 10.9. The lowest BCUT2D eigenvalue weighted by molar-refractivity contribution is 1.12. The van der Waals surface area contributed by atoms with Crippen molar-refractivity contribution >= 4 is 53.4 Å². The van der Waals surface area contributed by atoms with Crippen LogP contribution in [0.5, 0.6) is 0 Å². The number of hydrogen-bond donors (Lipinski definition) is 0. The van der Waals surface area contributed by atoms with Crippen molar-refractivity contribution in [1.29, 1.82) is 0 Å². The average Bonchev–Trinajstić information content (AvgIpc) is 3.55. The Labute approximate surface area is 229 Å². The van der Waals surface area contributed by atoms with Gasteiger partial charge in [-0.25, -0.2) is 9.97 Å². The summed E-state index contributed by atoms with van der Waals surface area (Å²) in [4.78, 5) is 11.2. The third-order valence-electron chi connectivity index (χ3n) is 7.51. The van der Waals surface area contributed by atoms with Gasteiger partial charge in [0.05, 0.1) is 16.7 Å². The van der Waals surface area contributed by atoms with Gasteiger partial charge in [-0.05, 0) is 48.2 Å². The molecule has 0 aliphatic heterocycles. The largest absolute Gasteiger partial charge is 0.291 e. The van der Waals surface area contributed by atoms with Gasteiger partial charge in [0.1, 0.15) is 10.7 Å². The molecule has 8 aromatic rings. The zero-order valence-electron chi connectivity index (χ0n) is 21.3. The Morgan fingerprint density at radius 2 is 1.38 bits per heavy atom. The van der Waals surface area contributed by atoms with Crippen LogP contribution in [-0.2, 0) is 0 Å². The molecule has 0 aliphatic rings. The Balaban J connectivity index is 1.53. The second-order valence-electron chi connectivity index (χ2n) is 9.90. The SMILES string of the molecule is Cc1ccc2c(n1)sc1c(-c3nc4ccccc4n3-c3c(-c4ccccc4)ccc4ccccc34)cccc12. The number of para-hydroxylation sites is 2. The van der Waals surface area contributed by atoms with Crippen LogP contribution >= 0.6 is 11.3 Å². The van der Waals surface area contributed by atoms with E-state index in [1.54, 1.807) is 11.3 Å². The molecule has 0 amide bonds. The third-order valence-corrected chi connectivity index (χ3v) is 8.66. The van der Waals surface area contributed by atoms with E-state index < -0.39 is 0 Å². The molecule has 0 fully saturated rings. The van der Waals surface area contributed by atoms with Crippen LogP contribution in [0.15, 0.2) is 121 Å². The van der Waals surface area contributed by atoms with Crippen molar-refractivity contribution in [3.8, 4) is 28.2 Å². The maximum atomic E-state index is 5.29. The van der Waals surface area contributed by atoms with Gasteiger partial charge in [-0.3, -0.25) is 4.57 Å². The van der Waals surface area contributed by atoms with Crippen molar-refractivity contribution in [2.24, 2.45) is 0 Å². The molecule has 39 heavy (non-hydrogen) atoms. The highest BCUT2D eigenvalue weighted by Gasteiger charge is 2.22. The number of aromatic nitrogens is 3. The zero-order valence-corrected chi connectivity index (χ0v) is 22.1. The van der Waals surface area contributed by atoms with Crippen LogP contribution in [0.1, 0.15) is 5.69 Å². The number of rotatable bonds is 3. The van der Waals surface area contributed by atoms with Gasteiger partial charge in [-0.15, -0.1) is 11.3 Å². The minimum Gasteiger partial charge on any atom is -0.291 e. The summed E-state index contributed by atoms with van der Waals surface area (Å²) in [6, 6.07) is 43.1. The van der Waals surface area contributed by atoms with E-state index >= 15 is 0 Å². The van der Waals surface area contributed by atoms with Crippen molar-refractivity contribution in [2.75, 3.05) is 0 Å². The molecule has 4 heteroatoms. The number of aryl methyl sites for hydroxylation is 1. The topological polar surface area (TPSA) is 30.7 Å². The molecular formula is C35H23N3S. The number of fused-ring (bicyclic) bond motifs is 5. The Morgan fingerprint density at radius 1 is 0.590 bits per heavy atom. The summed E-state index contributed by atoms with van der Waals surface area (Å²) in [5.74, 6) is 0.943. The predicted molar refractivity (Wildman–Crippen MR) is 165 cm³/mol. The molecule has 3 heterocycles. The maximum absolute atomic E-state index is 5.29. The molecule has 0 radical (unpaired) electrons. The normalized spacial score (nSPS) is 11.7. The smallest absolute Gasteiger partial charge is 0.147 e. The fourth-order valence-corrected chi connectivity index (χ4v) is 6.96. The van der Waals surface area contributed by atoms with Crippen LogP contribution in [0.3, 0.4) is 0 Å². The summed E-state index contributed by atoms with van der Waals surface area (Å²) in [5, 5.41) is 4.82. The summed E-state index contributed by atoms with van der Waals surface area (Å²) < 4.78 is 3.58. The first-order valence-corrected chi connectivity index (χ1v) is 13.9. The number of hydrogen-bond acceptors (Lipinski definition) is 3. The molecular weight excluding hydrogens is 494 g/mol. The van der Waals surface area contributed by atoms with Crippen LogP contribution in [0.2, 0.25) is 0 Å². The summed E-state index contributed by atoms with van der Waals surface area (Å²) in [5.41, 5.74) is 7.73. The van der Waals surface area contributed by atoms with Gasteiger partial charge in [0.25, 0.3) is 0 Å². The van der Waals surface area contributed by atoms with E-state index in [9.17, 15) is 0 Å². The Kier molecular flexibility index (Phi) is 4.91. The molecule has 184 valence electrons. The lowest BCUT2D eigenvalue weighted by atomic mass is 9.97. The maximum Gasteiger partial charge on any atom is 0.147 e. The number of imidazole rings is 1. The van der Waals surface area contributed by atoms with Gasteiger partial charge in [0, 0.05) is 37.7 Å². The van der Waals surface area contributed by atoms with Crippen LogP contribution in [0, 0.1) is 6.92 Å². The third kappa shape index (κ3) is 3.42. The predicted octanol–water partition coefficient (Wildman–Crippen LogP) is 9.58. The number of nitrogens with zero attached hydrogens (tertiary/aromatic N) is 3. The molecule has 0 aliphatic carbocycles. The monoisotopic (exact) mass is 517 g/mol. The summed E-state index contributed by atoms with van der Waals surface area (Å²) in [6.45, 7) is 2.05. The molecule has 0 unspecified atom stereocenters. The molecule has 5 aromatic carbocycles. The molecule has 0 atom stereocenters. The van der Waals surface area contributed by atoms with E-state index in [2.05, 4.69) is 133 Å². The molecule has 8 rings (SSSR count). The van der Waals surface area contributed by atoms with E-state index in [0.717, 1.165) is 38.6 Å². The van der Waals surface area contributed by atoms with Crippen molar-refractivity contribution in [3.63, 3.8) is 0 Å². The van der Waals surface area contributed by atoms with Crippen molar-refractivity contribution in [2.45, 2.75) is 6.92 Å². The highest BCUT2D eigenvalue weighted by molar-refractivity contribution is 7.26. The van der Waals surface area contributed by atoms with Gasteiger partial charge >= 0.3 is 0 Å². The Morgan fingerprint density at radius 3 is 2.31 bits per heavy atom. The van der Waals surface area contributed by atoms with Gasteiger partial charge in [0.2, 0.25) is 0 Å². The van der Waals surface area contributed by atoms with Crippen LogP contribution in [0.4, 0.5) is 0 Å². The van der Waals surface area contributed by atoms with Gasteiger partial charge in [-0.1, -0.05) is 91.0 Å². The summed E-state index contributed by atoms with van der Waals surface area (Å²) >= 11 is 1.75. The first-order valence-electron chi connectivity index (χ1n) is 13.1. The molecule has 0 spiro atoms. The first-order chi connectivity index (χ1) is 19.3. The fourth-order valence-electron chi connectivity index (χ4n) is 5.73. The molecule has 3 aromatic heterocycles. The van der Waals surface area contributed by atoms with E-state index in [4.69, 9.17) is 9.97 Å². The number of thiophene rings is 1. The van der Waals surface area contributed by atoms with Gasteiger partial charge in [0.15, 0.2) is 0 Å². The summed E-state index contributed by atoms with van der Waals surface area (Å²) in [6.07, 6.45) is 0. The van der Waals surface area contributed by atoms with E-state index in [-0.39, 0.29) is 0 Å². The van der Waals surface area contributed by atoms with Crippen molar-refractivity contribution in [3.05, 3.63) is 127 Å². The van der Waals surface area contributed by atoms with Crippen molar-refractivity contribution < 1.29 is 0 Å². The van der Waals surface area contributed by atoms with Crippen LogP contribution in [0.25, 0.3) is 70.3 Å². The molecule has 0 N–H and O–H groups in total. The minimum absolute atomic E-state index is 0.943. The van der Waals surface area contributed by atoms with Crippen molar-refractivity contribution in [1.82, 2.24) is 14.5 Å². The van der Waals surface area contributed by atoms with Crippen LogP contribution < -0.4 is 0 Å². The summed E-state index contributed by atoms with van der Waals surface area (Å²) in [7, 11) is 0. The van der Waals surface area contributed by atoms with Gasteiger partial charge in [-0.2, -0.15) is 0 Å². The molecule has 0 saturated heterocycles. The number of pyridine rings is 1. The molecule has 0 saturated carbocycles. The quantitative estimate of drug-likeness (QED) is 0.234. The lowest BCUT2D eigenvalue weighted by Crippen LogP contribution is -2.01. The highest BCUT2D eigenvalue weighted by Crippen LogP contribution is 2.43. The standard InChI is InChI=1S/C35H23N3S/c1-22-18-20-28-27-14-9-15-29(33(27)39-35(28)36-22)34-37-30-16-7-8-17-31(30)38(34)32-25-13-6-5-12-24(25)19-21-26(32)23-10-3-2-4-11-23/h2-21H,1H3. The minimum atomic E-state index is 0.943. The second kappa shape index (κ2) is 8.62. The van der Waals surface area contributed by atoms with E-state index in [1.807, 2.05) is 0 Å². The van der Waals surface area contributed by atoms with E-state index in [0.29, 0.717) is 0 Å². The highest BCUT2D eigenvalue weighted by atomic mass is 32.1. The first kappa shape index (κ1) is 22.2. The lowest BCUT2D eigenvalue weighted by Gasteiger charge is -2.18. The van der Waals surface area contributed by atoms with E-state index in [1.165, 1.54) is 37.4 Å². The fraction of sp³-hybridized carbons (Fsp3) is 0.0286. The average molecular weight is 518 g/mol. The molecule has 0 bridgehead atoms.